The Balaban J connectivity index is 1.75. The largest absolute Gasteiger partial charge is 0.397 e. The van der Waals surface area contributed by atoms with E-state index in [1.165, 1.54) is 12.1 Å². The van der Waals surface area contributed by atoms with Gasteiger partial charge in [0.2, 0.25) is 5.91 Å². The predicted octanol–water partition coefficient (Wildman–Crippen LogP) is 2.42. The predicted molar refractivity (Wildman–Crippen MR) is 95.6 cm³/mol. The second-order valence-electron chi connectivity index (χ2n) is 7.18. The van der Waals surface area contributed by atoms with Crippen molar-refractivity contribution < 1.29 is 27.9 Å². The Kier molecular flexibility index (Phi) is 4.97. The first kappa shape index (κ1) is 19.4. The molecule has 1 aromatic rings. The van der Waals surface area contributed by atoms with Crippen molar-refractivity contribution in [3.05, 3.63) is 32.9 Å². The minimum Gasteiger partial charge on any atom is -0.390 e. The standard InChI is InChI=1S/C17H18F3IN2O3/c1-16(26)5-10(6-16)22-14(24)8-23-7-13(17(18,19)20)12-4-9(21)2-3-11(12)15(23)25/h2-4,10,13,26H,5-8H2,1H3,(H,22,24). The summed E-state index contributed by atoms with van der Waals surface area (Å²) in [5.41, 5.74) is -0.879. The van der Waals surface area contributed by atoms with E-state index in [0.29, 0.717) is 16.4 Å². The lowest BCUT2D eigenvalue weighted by atomic mass is 9.77. The third-order valence-corrected chi connectivity index (χ3v) is 5.45. The molecule has 1 unspecified atom stereocenters. The number of nitrogens with one attached hydrogen (secondary N) is 1. The van der Waals surface area contributed by atoms with Gasteiger partial charge >= 0.3 is 6.18 Å². The summed E-state index contributed by atoms with van der Waals surface area (Å²) in [5, 5.41) is 12.3. The van der Waals surface area contributed by atoms with Crippen LogP contribution in [-0.2, 0) is 4.79 Å². The van der Waals surface area contributed by atoms with E-state index in [1.807, 2.05) is 22.6 Å². The number of benzene rings is 1. The van der Waals surface area contributed by atoms with E-state index >= 15 is 0 Å². The molecule has 1 aromatic carbocycles. The van der Waals surface area contributed by atoms with Crippen LogP contribution in [0.4, 0.5) is 13.2 Å². The molecule has 9 heteroatoms. The van der Waals surface area contributed by atoms with Gasteiger partial charge in [0.05, 0.1) is 18.1 Å². The summed E-state index contributed by atoms with van der Waals surface area (Å²) in [6, 6.07) is 4.11. The molecule has 0 saturated heterocycles. The third kappa shape index (κ3) is 3.98. The molecule has 0 radical (unpaired) electrons. The fourth-order valence-corrected chi connectivity index (χ4v) is 4.07. The highest BCUT2D eigenvalue weighted by Gasteiger charge is 2.47. The minimum absolute atomic E-state index is 0.0154. The average molecular weight is 482 g/mol. The van der Waals surface area contributed by atoms with Gasteiger partial charge in [-0.3, -0.25) is 9.59 Å². The van der Waals surface area contributed by atoms with Crippen LogP contribution in [0.3, 0.4) is 0 Å². The number of amides is 2. The van der Waals surface area contributed by atoms with Crippen molar-refractivity contribution >= 4 is 34.4 Å². The van der Waals surface area contributed by atoms with E-state index in [-0.39, 0.29) is 17.2 Å². The lowest BCUT2D eigenvalue weighted by Gasteiger charge is -2.41. The summed E-state index contributed by atoms with van der Waals surface area (Å²) < 4.78 is 41.1. The molecule has 142 valence electrons. The molecule has 26 heavy (non-hydrogen) atoms. The monoisotopic (exact) mass is 482 g/mol. The van der Waals surface area contributed by atoms with Crippen LogP contribution in [0.1, 0.15) is 41.6 Å². The fourth-order valence-electron chi connectivity index (χ4n) is 3.56. The Morgan fingerprint density at radius 1 is 1.42 bits per heavy atom. The topological polar surface area (TPSA) is 69.6 Å². The van der Waals surface area contributed by atoms with E-state index in [9.17, 15) is 27.9 Å². The van der Waals surface area contributed by atoms with Crippen LogP contribution in [-0.4, -0.2) is 52.7 Å². The number of rotatable bonds is 3. The van der Waals surface area contributed by atoms with Crippen LogP contribution < -0.4 is 5.32 Å². The highest BCUT2D eigenvalue weighted by molar-refractivity contribution is 14.1. The van der Waals surface area contributed by atoms with E-state index in [0.717, 1.165) is 4.90 Å². The zero-order valence-electron chi connectivity index (χ0n) is 13.9. The molecule has 2 amide bonds. The zero-order valence-corrected chi connectivity index (χ0v) is 16.1. The maximum atomic E-state index is 13.5. The molecule has 0 bridgehead atoms. The summed E-state index contributed by atoms with van der Waals surface area (Å²) in [4.78, 5) is 25.6. The molecule has 0 aromatic heterocycles. The molecule has 0 spiro atoms. The highest BCUT2D eigenvalue weighted by atomic mass is 127. The van der Waals surface area contributed by atoms with Crippen molar-refractivity contribution in [1.82, 2.24) is 10.2 Å². The van der Waals surface area contributed by atoms with Gasteiger partial charge in [0.1, 0.15) is 0 Å². The lowest BCUT2D eigenvalue weighted by molar-refractivity contribution is -0.155. The Morgan fingerprint density at radius 3 is 2.65 bits per heavy atom. The molecule has 2 N–H and O–H groups in total. The zero-order chi connectivity index (χ0) is 19.3. The first-order valence-corrected chi connectivity index (χ1v) is 9.21. The minimum atomic E-state index is -4.51. The van der Waals surface area contributed by atoms with Crippen molar-refractivity contribution in [3.8, 4) is 0 Å². The summed E-state index contributed by atoms with van der Waals surface area (Å²) in [6.45, 7) is 0.636. The molecule has 2 aliphatic rings. The van der Waals surface area contributed by atoms with Crippen LogP contribution >= 0.6 is 22.6 Å². The Labute approximate surface area is 162 Å². The van der Waals surface area contributed by atoms with Gasteiger partial charge in [0.25, 0.3) is 5.91 Å². The van der Waals surface area contributed by atoms with Crippen molar-refractivity contribution in [3.63, 3.8) is 0 Å². The fraction of sp³-hybridized carbons (Fsp3) is 0.529. The molecule has 1 fully saturated rings. The van der Waals surface area contributed by atoms with Crippen molar-refractivity contribution in [1.29, 1.82) is 0 Å². The number of carbonyl (C=O) groups is 2. The molecule has 1 aliphatic heterocycles. The van der Waals surface area contributed by atoms with Gasteiger partial charge in [-0.2, -0.15) is 13.2 Å². The van der Waals surface area contributed by atoms with Gasteiger partial charge in [-0.1, -0.05) is 0 Å². The Bertz CT molecular complexity index is 743. The molecule has 3 rings (SSSR count). The average Bonchev–Trinajstić information content (AvgIpc) is 2.46. The van der Waals surface area contributed by atoms with Gasteiger partial charge in [-0.25, -0.2) is 0 Å². The van der Waals surface area contributed by atoms with E-state index < -0.39 is 42.6 Å². The molecule has 1 atom stereocenters. The van der Waals surface area contributed by atoms with Crippen LogP contribution in [0, 0.1) is 3.57 Å². The van der Waals surface area contributed by atoms with E-state index in [1.54, 1.807) is 13.0 Å². The maximum absolute atomic E-state index is 13.5. The number of alkyl halides is 3. The molecular weight excluding hydrogens is 464 g/mol. The van der Waals surface area contributed by atoms with Gasteiger partial charge in [-0.05, 0) is 66.1 Å². The van der Waals surface area contributed by atoms with E-state index in [4.69, 9.17) is 0 Å². The molecule has 5 nitrogen and oxygen atoms in total. The number of halogens is 4. The van der Waals surface area contributed by atoms with Crippen molar-refractivity contribution in [2.75, 3.05) is 13.1 Å². The van der Waals surface area contributed by atoms with Crippen LogP contribution in [0.5, 0.6) is 0 Å². The van der Waals surface area contributed by atoms with Gasteiger partial charge in [0.15, 0.2) is 0 Å². The number of fused-ring (bicyclic) bond motifs is 1. The van der Waals surface area contributed by atoms with Crippen LogP contribution in [0.2, 0.25) is 0 Å². The number of hydrogen-bond donors (Lipinski definition) is 2. The summed E-state index contributed by atoms with van der Waals surface area (Å²) in [6.07, 6.45) is -3.74. The molecule has 1 saturated carbocycles. The first-order valence-electron chi connectivity index (χ1n) is 8.13. The van der Waals surface area contributed by atoms with Crippen LogP contribution in [0.25, 0.3) is 0 Å². The SMILES string of the molecule is CC1(O)CC(NC(=O)CN2CC(C(F)(F)F)c3cc(I)ccc3C2=O)C1. The van der Waals surface area contributed by atoms with Gasteiger partial charge in [0, 0.05) is 21.7 Å². The maximum Gasteiger partial charge on any atom is 0.397 e. The van der Waals surface area contributed by atoms with Gasteiger partial charge < -0.3 is 15.3 Å². The van der Waals surface area contributed by atoms with Gasteiger partial charge in [-0.15, -0.1) is 0 Å². The second-order valence-corrected chi connectivity index (χ2v) is 8.43. The second kappa shape index (κ2) is 6.66. The molecular formula is C17H18F3IN2O3. The third-order valence-electron chi connectivity index (χ3n) is 4.78. The number of nitrogens with zero attached hydrogens (tertiary/aromatic N) is 1. The number of hydrogen-bond acceptors (Lipinski definition) is 3. The quantitative estimate of drug-likeness (QED) is 0.651. The van der Waals surface area contributed by atoms with Crippen molar-refractivity contribution in [2.45, 2.75) is 43.5 Å². The lowest BCUT2D eigenvalue weighted by Crippen LogP contribution is -2.56. The smallest absolute Gasteiger partial charge is 0.390 e. The number of aliphatic hydroxyl groups is 1. The highest BCUT2D eigenvalue weighted by Crippen LogP contribution is 2.40. The molecule has 1 heterocycles. The summed E-state index contributed by atoms with van der Waals surface area (Å²) in [7, 11) is 0. The summed E-state index contributed by atoms with van der Waals surface area (Å²) in [5.74, 6) is -2.91. The Hall–Kier alpha value is -1.36. The number of carbonyl (C=O) groups excluding carboxylic acids is 2. The normalized spacial score (nSPS) is 28.4. The summed E-state index contributed by atoms with van der Waals surface area (Å²) >= 11 is 1.91. The van der Waals surface area contributed by atoms with E-state index in [2.05, 4.69) is 5.32 Å². The molecule has 1 aliphatic carbocycles. The first-order chi connectivity index (χ1) is 12.0. The Morgan fingerprint density at radius 2 is 2.08 bits per heavy atom. The van der Waals surface area contributed by atoms with Crippen LogP contribution in [0.15, 0.2) is 18.2 Å². The van der Waals surface area contributed by atoms with Crippen molar-refractivity contribution in [2.24, 2.45) is 0 Å².